The number of rotatable bonds is 5. The third kappa shape index (κ3) is 4.79. The molecular weight excluding hydrogens is 365 g/mol. The number of likely N-dealkylation sites (tertiary alicyclic amines) is 1. The van der Waals surface area contributed by atoms with Gasteiger partial charge in [-0.15, -0.1) is 0 Å². The van der Waals surface area contributed by atoms with Crippen LogP contribution in [0.3, 0.4) is 0 Å². The quantitative estimate of drug-likeness (QED) is 0.763. The molecule has 1 aromatic carbocycles. The molecule has 1 unspecified atom stereocenters. The van der Waals surface area contributed by atoms with Crippen LogP contribution in [0.4, 0.5) is 9.18 Å². The van der Waals surface area contributed by atoms with Crippen LogP contribution < -0.4 is 0 Å². The summed E-state index contributed by atoms with van der Waals surface area (Å²) in [6.45, 7) is 4.82. The standard InChI is InChI=1S/C20H26FN3O4/c1-2-28-20(27)23-11-9-22(10-12-23)19(26)16-13-18(25)24(14-16)8-7-15-3-5-17(21)6-4-15/h3-6,16H,2,7-14H2,1H3. The Labute approximate surface area is 164 Å². The van der Waals surface area contributed by atoms with Gasteiger partial charge in [0.05, 0.1) is 12.5 Å². The van der Waals surface area contributed by atoms with Crippen molar-refractivity contribution in [3.8, 4) is 0 Å². The lowest BCUT2D eigenvalue weighted by Crippen LogP contribution is -2.52. The Morgan fingerprint density at radius 1 is 1.11 bits per heavy atom. The number of nitrogens with zero attached hydrogens (tertiary/aromatic N) is 3. The van der Waals surface area contributed by atoms with Crippen molar-refractivity contribution in [3.05, 3.63) is 35.6 Å². The molecule has 3 rings (SSSR count). The summed E-state index contributed by atoms with van der Waals surface area (Å²) < 4.78 is 18.0. The van der Waals surface area contributed by atoms with Crippen LogP contribution in [0.15, 0.2) is 24.3 Å². The van der Waals surface area contributed by atoms with Crippen LogP contribution in [-0.2, 0) is 20.7 Å². The Bertz CT molecular complexity index is 717. The molecule has 7 nitrogen and oxygen atoms in total. The van der Waals surface area contributed by atoms with Gasteiger partial charge in [0.1, 0.15) is 5.82 Å². The van der Waals surface area contributed by atoms with Gasteiger partial charge < -0.3 is 19.4 Å². The minimum Gasteiger partial charge on any atom is -0.450 e. The number of amides is 3. The van der Waals surface area contributed by atoms with Crippen molar-refractivity contribution in [1.29, 1.82) is 0 Å². The van der Waals surface area contributed by atoms with Gasteiger partial charge in [-0.25, -0.2) is 9.18 Å². The Kier molecular flexibility index (Phi) is 6.49. The smallest absolute Gasteiger partial charge is 0.409 e. The monoisotopic (exact) mass is 391 g/mol. The highest BCUT2D eigenvalue weighted by molar-refractivity contribution is 5.89. The molecule has 2 saturated heterocycles. The minimum atomic E-state index is -0.349. The Hall–Kier alpha value is -2.64. The van der Waals surface area contributed by atoms with E-state index in [0.29, 0.717) is 52.3 Å². The van der Waals surface area contributed by atoms with E-state index in [4.69, 9.17) is 4.74 Å². The molecule has 3 amide bonds. The summed E-state index contributed by atoms with van der Waals surface area (Å²) in [5.41, 5.74) is 0.957. The van der Waals surface area contributed by atoms with Crippen LogP contribution in [0.2, 0.25) is 0 Å². The van der Waals surface area contributed by atoms with Crippen LogP contribution in [0.1, 0.15) is 18.9 Å². The molecule has 0 aromatic heterocycles. The maximum atomic E-state index is 13.0. The number of piperazine rings is 1. The molecule has 0 spiro atoms. The summed E-state index contributed by atoms with van der Waals surface area (Å²) in [4.78, 5) is 41.9. The van der Waals surface area contributed by atoms with E-state index in [9.17, 15) is 18.8 Å². The van der Waals surface area contributed by atoms with E-state index in [1.165, 1.54) is 12.1 Å². The lowest BCUT2D eigenvalue weighted by Gasteiger charge is -2.35. The van der Waals surface area contributed by atoms with Crippen molar-refractivity contribution in [1.82, 2.24) is 14.7 Å². The molecule has 1 aromatic rings. The molecular formula is C20H26FN3O4. The van der Waals surface area contributed by atoms with Crippen molar-refractivity contribution in [2.75, 3.05) is 45.9 Å². The highest BCUT2D eigenvalue weighted by Gasteiger charge is 2.37. The van der Waals surface area contributed by atoms with Gasteiger partial charge in [0.25, 0.3) is 0 Å². The van der Waals surface area contributed by atoms with Gasteiger partial charge in [-0.05, 0) is 31.0 Å². The molecule has 8 heteroatoms. The molecule has 0 saturated carbocycles. The van der Waals surface area contributed by atoms with Gasteiger partial charge in [-0.2, -0.15) is 0 Å². The Morgan fingerprint density at radius 3 is 2.39 bits per heavy atom. The molecule has 0 bridgehead atoms. The zero-order valence-electron chi connectivity index (χ0n) is 16.1. The van der Waals surface area contributed by atoms with E-state index in [2.05, 4.69) is 0 Å². The van der Waals surface area contributed by atoms with E-state index < -0.39 is 0 Å². The van der Waals surface area contributed by atoms with Gasteiger partial charge in [-0.1, -0.05) is 12.1 Å². The largest absolute Gasteiger partial charge is 0.450 e. The number of halogens is 1. The molecule has 2 aliphatic heterocycles. The molecule has 2 heterocycles. The highest BCUT2D eigenvalue weighted by atomic mass is 19.1. The van der Waals surface area contributed by atoms with Crippen molar-refractivity contribution < 1.29 is 23.5 Å². The van der Waals surface area contributed by atoms with Crippen LogP contribution in [0, 0.1) is 11.7 Å². The van der Waals surface area contributed by atoms with Crippen molar-refractivity contribution in [3.63, 3.8) is 0 Å². The third-order valence-electron chi connectivity index (χ3n) is 5.26. The summed E-state index contributed by atoms with van der Waals surface area (Å²) in [6, 6.07) is 6.23. The lowest BCUT2D eigenvalue weighted by atomic mass is 10.1. The Morgan fingerprint density at radius 2 is 1.75 bits per heavy atom. The first-order valence-corrected chi connectivity index (χ1v) is 9.70. The van der Waals surface area contributed by atoms with E-state index in [1.54, 1.807) is 33.8 Å². The fourth-order valence-corrected chi connectivity index (χ4v) is 3.65. The summed E-state index contributed by atoms with van der Waals surface area (Å²) >= 11 is 0. The Balaban J connectivity index is 1.47. The topological polar surface area (TPSA) is 70.2 Å². The predicted molar refractivity (Wildman–Crippen MR) is 100.0 cm³/mol. The van der Waals surface area contributed by atoms with Crippen molar-refractivity contribution in [2.24, 2.45) is 5.92 Å². The number of carbonyl (C=O) groups excluding carboxylic acids is 3. The second kappa shape index (κ2) is 9.03. The average molecular weight is 391 g/mol. The maximum absolute atomic E-state index is 13.0. The predicted octanol–water partition coefficient (Wildman–Crippen LogP) is 1.52. The number of ether oxygens (including phenoxy) is 1. The zero-order chi connectivity index (χ0) is 20.1. The molecule has 28 heavy (non-hydrogen) atoms. The fraction of sp³-hybridized carbons (Fsp3) is 0.550. The van der Waals surface area contributed by atoms with E-state index in [0.717, 1.165) is 5.56 Å². The van der Waals surface area contributed by atoms with Crippen LogP contribution >= 0.6 is 0 Å². The summed E-state index contributed by atoms with van der Waals surface area (Å²) in [7, 11) is 0. The number of carbonyl (C=O) groups is 3. The molecule has 152 valence electrons. The first kappa shape index (κ1) is 20.1. The van der Waals surface area contributed by atoms with Gasteiger partial charge in [0.2, 0.25) is 11.8 Å². The first-order valence-electron chi connectivity index (χ1n) is 9.70. The molecule has 2 aliphatic rings. The minimum absolute atomic E-state index is 0.0226. The van der Waals surface area contributed by atoms with E-state index in [1.807, 2.05) is 0 Å². The number of hydrogen-bond donors (Lipinski definition) is 0. The number of hydrogen-bond acceptors (Lipinski definition) is 4. The van der Waals surface area contributed by atoms with Gasteiger partial charge >= 0.3 is 6.09 Å². The second-order valence-corrected chi connectivity index (χ2v) is 7.13. The third-order valence-corrected chi connectivity index (χ3v) is 5.26. The molecule has 0 radical (unpaired) electrons. The average Bonchev–Trinajstić information content (AvgIpc) is 3.08. The maximum Gasteiger partial charge on any atom is 0.409 e. The highest BCUT2D eigenvalue weighted by Crippen LogP contribution is 2.21. The van der Waals surface area contributed by atoms with E-state index in [-0.39, 0.29) is 36.1 Å². The van der Waals surface area contributed by atoms with Gasteiger partial charge in [0, 0.05) is 45.7 Å². The molecule has 0 N–H and O–H groups in total. The van der Waals surface area contributed by atoms with E-state index >= 15 is 0 Å². The van der Waals surface area contributed by atoms with Crippen LogP contribution in [-0.4, -0.2) is 78.5 Å². The molecule has 1 atom stereocenters. The lowest BCUT2D eigenvalue weighted by molar-refractivity contribution is -0.137. The van der Waals surface area contributed by atoms with Crippen LogP contribution in [0.25, 0.3) is 0 Å². The van der Waals surface area contributed by atoms with Crippen molar-refractivity contribution in [2.45, 2.75) is 19.8 Å². The molecule has 2 fully saturated rings. The summed E-state index contributed by atoms with van der Waals surface area (Å²) in [6.07, 6.45) is 0.503. The van der Waals surface area contributed by atoms with Crippen molar-refractivity contribution >= 4 is 17.9 Å². The fourth-order valence-electron chi connectivity index (χ4n) is 3.65. The first-order chi connectivity index (χ1) is 13.5. The zero-order valence-corrected chi connectivity index (χ0v) is 16.1. The van der Waals surface area contributed by atoms with Gasteiger partial charge in [-0.3, -0.25) is 9.59 Å². The van der Waals surface area contributed by atoms with Gasteiger partial charge in [0.15, 0.2) is 0 Å². The molecule has 0 aliphatic carbocycles. The normalized spacial score (nSPS) is 19.9. The van der Waals surface area contributed by atoms with Crippen LogP contribution in [0.5, 0.6) is 0 Å². The summed E-state index contributed by atoms with van der Waals surface area (Å²) in [5.74, 6) is -0.670. The summed E-state index contributed by atoms with van der Waals surface area (Å²) in [5, 5.41) is 0. The SMILES string of the molecule is CCOC(=O)N1CCN(C(=O)C2CC(=O)N(CCc3ccc(F)cc3)C2)CC1. The number of benzene rings is 1. The second-order valence-electron chi connectivity index (χ2n) is 7.13.